The molecule has 1 aliphatic carbocycles. The molecule has 2 atom stereocenters. The van der Waals surface area contributed by atoms with Gasteiger partial charge < -0.3 is 15.2 Å². The van der Waals surface area contributed by atoms with Gasteiger partial charge in [0.15, 0.2) is 0 Å². The van der Waals surface area contributed by atoms with Crippen LogP contribution in [0.2, 0.25) is 0 Å². The Labute approximate surface area is 175 Å². The number of thioether (sulfide) groups is 1. The van der Waals surface area contributed by atoms with Gasteiger partial charge in [0, 0.05) is 36.0 Å². The third kappa shape index (κ3) is 6.06. The minimum absolute atomic E-state index is 0.00425. The van der Waals surface area contributed by atoms with Crippen molar-refractivity contribution in [2.24, 2.45) is 5.92 Å². The molecule has 0 spiro atoms. The van der Waals surface area contributed by atoms with Crippen molar-refractivity contribution in [1.29, 1.82) is 0 Å². The Bertz CT molecular complexity index is 852. The van der Waals surface area contributed by atoms with E-state index in [2.05, 4.69) is 20.8 Å². The summed E-state index contributed by atoms with van der Waals surface area (Å²) in [6.45, 7) is 5.77. The summed E-state index contributed by atoms with van der Waals surface area (Å²) in [5.74, 6) is 1.23. The molecule has 2 aromatic heterocycles. The van der Waals surface area contributed by atoms with Crippen LogP contribution in [0.15, 0.2) is 33.9 Å². The topological polar surface area (TPSA) is 97.1 Å². The molecule has 8 heteroatoms. The first kappa shape index (κ1) is 21.4. The van der Waals surface area contributed by atoms with Crippen LogP contribution in [-0.4, -0.2) is 34.0 Å². The summed E-state index contributed by atoms with van der Waals surface area (Å²) in [6, 6.07) is 5.54. The molecule has 0 aromatic carbocycles. The maximum Gasteiger partial charge on any atom is 0.254 e. The van der Waals surface area contributed by atoms with Crippen LogP contribution in [0.5, 0.6) is 0 Å². The van der Waals surface area contributed by atoms with Gasteiger partial charge in [-0.05, 0) is 52.2 Å². The number of hydrogen-bond donors (Lipinski definition) is 2. The summed E-state index contributed by atoms with van der Waals surface area (Å²) < 4.78 is 5.09. The van der Waals surface area contributed by atoms with Gasteiger partial charge in [-0.2, -0.15) is 0 Å². The Morgan fingerprint density at radius 3 is 2.90 bits per heavy atom. The van der Waals surface area contributed by atoms with Crippen LogP contribution in [-0.2, 0) is 10.5 Å². The quantitative estimate of drug-likeness (QED) is 0.671. The van der Waals surface area contributed by atoms with Gasteiger partial charge in [-0.25, -0.2) is 4.98 Å². The lowest BCUT2D eigenvalue weighted by Crippen LogP contribution is -2.43. The molecule has 2 amide bonds. The zero-order chi connectivity index (χ0) is 20.8. The van der Waals surface area contributed by atoms with Crippen molar-refractivity contribution in [2.75, 3.05) is 0 Å². The number of pyridine rings is 1. The number of rotatable bonds is 7. The number of carbonyl (C=O) groups excluding carboxylic acids is 2. The fourth-order valence-corrected chi connectivity index (χ4v) is 4.40. The highest BCUT2D eigenvalue weighted by atomic mass is 32.2. The van der Waals surface area contributed by atoms with Crippen molar-refractivity contribution >= 4 is 23.6 Å². The van der Waals surface area contributed by atoms with Gasteiger partial charge in [0.2, 0.25) is 5.91 Å². The van der Waals surface area contributed by atoms with Gasteiger partial charge in [-0.15, -0.1) is 0 Å². The molecule has 0 aliphatic heterocycles. The van der Waals surface area contributed by atoms with Gasteiger partial charge in [0.25, 0.3) is 5.91 Å². The van der Waals surface area contributed by atoms with Crippen LogP contribution in [0.25, 0.3) is 0 Å². The van der Waals surface area contributed by atoms with Crippen LogP contribution in [0.3, 0.4) is 0 Å². The van der Waals surface area contributed by atoms with Gasteiger partial charge >= 0.3 is 0 Å². The molecule has 2 unspecified atom stereocenters. The third-order valence-electron chi connectivity index (χ3n) is 4.86. The maximum atomic E-state index is 12.9. The Morgan fingerprint density at radius 1 is 1.34 bits per heavy atom. The summed E-state index contributed by atoms with van der Waals surface area (Å²) in [7, 11) is 0. The zero-order valence-electron chi connectivity index (χ0n) is 17.1. The summed E-state index contributed by atoms with van der Waals surface area (Å²) in [5, 5.41) is 10.7. The van der Waals surface area contributed by atoms with E-state index in [0.29, 0.717) is 22.8 Å². The number of carbonyl (C=O) groups is 2. The number of nitrogens with zero attached hydrogens (tertiary/aromatic N) is 2. The fourth-order valence-electron chi connectivity index (χ4n) is 3.53. The largest absolute Gasteiger partial charge is 0.361 e. The highest BCUT2D eigenvalue weighted by Crippen LogP contribution is 2.27. The minimum atomic E-state index is -0.146. The molecule has 0 radical (unpaired) electrons. The lowest BCUT2D eigenvalue weighted by atomic mass is 9.85. The van der Waals surface area contributed by atoms with Crippen LogP contribution in [0.4, 0.5) is 0 Å². The van der Waals surface area contributed by atoms with Crippen LogP contribution in [0.1, 0.15) is 61.3 Å². The predicted molar refractivity (Wildman–Crippen MR) is 112 cm³/mol. The summed E-state index contributed by atoms with van der Waals surface area (Å²) in [5.41, 5.74) is 1.36. The van der Waals surface area contributed by atoms with E-state index in [4.69, 9.17) is 4.52 Å². The number of aryl methyl sites for hydroxylation is 1. The van der Waals surface area contributed by atoms with Crippen molar-refractivity contribution in [1.82, 2.24) is 20.8 Å². The zero-order valence-corrected chi connectivity index (χ0v) is 17.9. The second-order valence-electron chi connectivity index (χ2n) is 7.77. The van der Waals surface area contributed by atoms with Crippen molar-refractivity contribution in [3.63, 3.8) is 0 Å². The molecular weight excluding hydrogens is 388 g/mol. The Hall–Kier alpha value is -2.35. The van der Waals surface area contributed by atoms with Crippen LogP contribution >= 0.6 is 11.8 Å². The van der Waals surface area contributed by atoms with Gasteiger partial charge in [0.05, 0.1) is 11.3 Å². The van der Waals surface area contributed by atoms with Crippen molar-refractivity contribution in [3.8, 4) is 0 Å². The third-order valence-corrected chi connectivity index (χ3v) is 5.90. The van der Waals surface area contributed by atoms with Crippen molar-refractivity contribution in [2.45, 2.75) is 69.3 Å². The lowest BCUT2D eigenvalue weighted by molar-refractivity contribution is -0.126. The van der Waals surface area contributed by atoms with Gasteiger partial charge in [-0.3, -0.25) is 9.59 Å². The van der Waals surface area contributed by atoms with Crippen LogP contribution < -0.4 is 10.6 Å². The molecule has 3 rings (SSSR count). The van der Waals surface area contributed by atoms with E-state index in [9.17, 15) is 9.59 Å². The molecule has 29 heavy (non-hydrogen) atoms. The standard InChI is InChI=1S/C21H28N4O3S/c1-13(2)23-19(26)15-6-4-7-16(11-15)24-20(27)18-8-5-9-22-21(18)29-12-17-10-14(3)28-25-17/h5,8-10,13,15-16H,4,6-7,11-12H2,1-3H3,(H,23,26)(H,24,27). The first-order valence-corrected chi connectivity index (χ1v) is 11.0. The number of hydrogen-bond acceptors (Lipinski definition) is 6. The van der Waals surface area contributed by atoms with Crippen LogP contribution in [0, 0.1) is 12.8 Å². The Balaban J connectivity index is 1.61. The van der Waals surface area contributed by atoms with E-state index in [-0.39, 0.29) is 29.8 Å². The number of nitrogens with one attached hydrogen (secondary N) is 2. The smallest absolute Gasteiger partial charge is 0.254 e. The first-order chi connectivity index (χ1) is 13.9. The Kier molecular flexibility index (Phi) is 7.30. The highest BCUT2D eigenvalue weighted by Gasteiger charge is 2.29. The van der Waals surface area contributed by atoms with Crippen molar-refractivity contribution < 1.29 is 14.1 Å². The first-order valence-electron chi connectivity index (χ1n) is 10.0. The summed E-state index contributed by atoms with van der Waals surface area (Å²) in [6.07, 6.45) is 5.04. The molecule has 1 saturated carbocycles. The molecule has 156 valence electrons. The maximum absolute atomic E-state index is 12.9. The molecule has 0 bridgehead atoms. The molecular formula is C21H28N4O3S. The van der Waals surface area contributed by atoms with E-state index in [1.165, 1.54) is 11.8 Å². The second-order valence-corrected chi connectivity index (χ2v) is 8.73. The van der Waals surface area contributed by atoms with E-state index in [1.54, 1.807) is 18.3 Å². The molecule has 1 fully saturated rings. The Morgan fingerprint density at radius 2 is 2.17 bits per heavy atom. The molecule has 2 aromatic rings. The summed E-state index contributed by atoms with van der Waals surface area (Å²) >= 11 is 1.46. The predicted octanol–water partition coefficient (Wildman–Crippen LogP) is 3.48. The minimum Gasteiger partial charge on any atom is -0.361 e. The van der Waals surface area contributed by atoms with Crippen molar-refractivity contribution in [3.05, 3.63) is 41.4 Å². The van der Waals surface area contributed by atoms with E-state index >= 15 is 0 Å². The average molecular weight is 417 g/mol. The molecule has 2 heterocycles. The molecule has 0 saturated heterocycles. The number of amides is 2. The lowest BCUT2D eigenvalue weighted by Gasteiger charge is -2.29. The van der Waals surface area contributed by atoms with Gasteiger partial charge in [-0.1, -0.05) is 23.3 Å². The second kappa shape index (κ2) is 9.91. The molecule has 2 N–H and O–H groups in total. The highest BCUT2D eigenvalue weighted by molar-refractivity contribution is 7.98. The molecule has 7 nitrogen and oxygen atoms in total. The van der Waals surface area contributed by atoms with E-state index < -0.39 is 0 Å². The monoisotopic (exact) mass is 416 g/mol. The SMILES string of the molecule is Cc1cc(CSc2ncccc2C(=O)NC2CCCC(C(=O)NC(C)C)C2)no1. The average Bonchev–Trinajstić information content (AvgIpc) is 3.11. The summed E-state index contributed by atoms with van der Waals surface area (Å²) in [4.78, 5) is 29.6. The fraction of sp³-hybridized carbons (Fsp3) is 0.524. The van der Waals surface area contributed by atoms with E-state index in [0.717, 1.165) is 30.7 Å². The number of aromatic nitrogens is 2. The van der Waals surface area contributed by atoms with E-state index in [1.807, 2.05) is 26.8 Å². The normalized spacial score (nSPS) is 19.2. The van der Waals surface area contributed by atoms with Gasteiger partial charge in [0.1, 0.15) is 10.8 Å². The molecule has 1 aliphatic rings.